The van der Waals surface area contributed by atoms with E-state index in [0.717, 1.165) is 0 Å². The zero-order chi connectivity index (χ0) is 9.85. The van der Waals surface area contributed by atoms with Crippen molar-refractivity contribution in [2.24, 2.45) is 0 Å². The Bertz CT molecular complexity index is 359. The van der Waals surface area contributed by atoms with Crippen LogP contribution in [-0.2, 0) is 9.53 Å². The van der Waals surface area contributed by atoms with Crippen LogP contribution in [0.3, 0.4) is 0 Å². The van der Waals surface area contributed by atoms with Crippen LogP contribution in [0.5, 0.6) is 0 Å². The largest absolute Gasteiger partial charge is 0.347 e. The van der Waals surface area contributed by atoms with E-state index in [0.29, 0.717) is 0 Å². The number of hydrogen-bond acceptors (Lipinski definition) is 2. The second-order valence-electron chi connectivity index (χ2n) is 3.61. The van der Waals surface area contributed by atoms with Gasteiger partial charge >= 0.3 is 0 Å². The summed E-state index contributed by atoms with van der Waals surface area (Å²) in [6.07, 6.45) is 3.47. The summed E-state index contributed by atoms with van der Waals surface area (Å²) in [5, 5.41) is 0.355. The number of Topliss-reactive ketones (excluding diaryl/α,β-unsaturated/α-hetero) is 1. The Morgan fingerprint density at radius 2 is 1.77 bits per heavy atom. The lowest BCUT2D eigenvalue weighted by Gasteiger charge is -2.34. The maximum atomic E-state index is 11.6. The minimum absolute atomic E-state index is 0.0860. The lowest BCUT2D eigenvalue weighted by atomic mass is 9.99. The minimum Gasteiger partial charge on any atom is -0.347 e. The summed E-state index contributed by atoms with van der Waals surface area (Å²) in [5.41, 5.74) is -1.65. The van der Waals surface area contributed by atoms with E-state index in [4.69, 9.17) is 27.9 Å². The van der Waals surface area contributed by atoms with Crippen LogP contribution in [0.25, 0.3) is 0 Å². The van der Waals surface area contributed by atoms with E-state index in [1.54, 1.807) is 26.0 Å². The zero-order valence-electron chi connectivity index (χ0n) is 7.23. The Kier molecular flexibility index (Phi) is 1.69. The van der Waals surface area contributed by atoms with Crippen molar-refractivity contribution in [1.82, 2.24) is 0 Å². The fourth-order valence-electron chi connectivity index (χ4n) is 1.60. The van der Waals surface area contributed by atoms with Gasteiger partial charge in [0.15, 0.2) is 0 Å². The number of rotatable bonds is 0. The number of carbonyl (C=O) groups is 1. The molecule has 2 atom stereocenters. The summed E-state index contributed by atoms with van der Waals surface area (Å²) in [7, 11) is 0. The Hall–Kier alpha value is -0.310. The van der Waals surface area contributed by atoms with Gasteiger partial charge in [-0.2, -0.15) is 0 Å². The topological polar surface area (TPSA) is 26.3 Å². The van der Waals surface area contributed by atoms with Crippen molar-refractivity contribution in [3.8, 4) is 0 Å². The van der Waals surface area contributed by atoms with Gasteiger partial charge in [0, 0.05) is 0 Å². The predicted molar refractivity (Wildman–Crippen MR) is 50.8 cm³/mol. The molecule has 0 spiro atoms. The fourth-order valence-corrected chi connectivity index (χ4v) is 2.16. The molecule has 2 aliphatic rings. The van der Waals surface area contributed by atoms with Crippen LogP contribution in [0.1, 0.15) is 13.8 Å². The summed E-state index contributed by atoms with van der Waals surface area (Å²) in [5.74, 6) is -0.273. The molecule has 0 aliphatic carbocycles. The van der Waals surface area contributed by atoms with Gasteiger partial charge in [-0.05, 0) is 26.0 Å². The number of halogens is 2. The average Bonchev–Trinajstić information content (AvgIpc) is 2.38. The summed E-state index contributed by atoms with van der Waals surface area (Å²) < 4.78 is 5.53. The Labute approximate surface area is 86.1 Å². The molecule has 13 heavy (non-hydrogen) atoms. The predicted octanol–water partition coefficient (Wildman–Crippen LogP) is 2.36. The molecule has 0 radical (unpaired) electrons. The van der Waals surface area contributed by atoms with Crippen molar-refractivity contribution in [3.63, 3.8) is 0 Å². The Morgan fingerprint density at radius 3 is 2.38 bits per heavy atom. The highest BCUT2D eigenvalue weighted by atomic mass is 35.5. The number of carbonyl (C=O) groups excluding carboxylic acids is 1. The van der Waals surface area contributed by atoms with Crippen molar-refractivity contribution < 1.29 is 9.53 Å². The first-order valence-corrected chi connectivity index (χ1v) is 4.66. The van der Waals surface area contributed by atoms with Gasteiger partial charge in [-0.1, -0.05) is 23.2 Å². The molecule has 2 heterocycles. The van der Waals surface area contributed by atoms with E-state index >= 15 is 0 Å². The van der Waals surface area contributed by atoms with E-state index < -0.39 is 11.2 Å². The maximum Gasteiger partial charge on any atom is 0.210 e. The summed E-state index contributed by atoms with van der Waals surface area (Å²) in [6.45, 7) is 3.47. The lowest BCUT2D eigenvalue weighted by Crippen LogP contribution is -2.44. The maximum absolute atomic E-state index is 11.6. The molecule has 0 aromatic carbocycles. The quantitative estimate of drug-likeness (QED) is 0.584. The molecule has 0 aromatic heterocycles. The first kappa shape index (κ1) is 9.25. The highest BCUT2D eigenvalue weighted by Gasteiger charge is 2.52. The van der Waals surface area contributed by atoms with Gasteiger partial charge in [0.1, 0.15) is 16.2 Å². The van der Waals surface area contributed by atoms with E-state index in [1.165, 1.54) is 0 Å². The molecule has 2 rings (SSSR count). The van der Waals surface area contributed by atoms with Crippen molar-refractivity contribution in [2.75, 3.05) is 0 Å². The van der Waals surface area contributed by atoms with Gasteiger partial charge in [-0.3, -0.25) is 4.79 Å². The summed E-state index contributed by atoms with van der Waals surface area (Å²) in [6, 6.07) is 0. The van der Waals surface area contributed by atoms with E-state index in [9.17, 15) is 4.79 Å². The molecule has 70 valence electrons. The van der Waals surface area contributed by atoms with Gasteiger partial charge in [-0.25, -0.2) is 0 Å². The van der Waals surface area contributed by atoms with Gasteiger partial charge in [0.05, 0.1) is 5.03 Å². The Morgan fingerprint density at radius 1 is 1.23 bits per heavy atom. The van der Waals surface area contributed by atoms with Gasteiger partial charge < -0.3 is 4.74 Å². The number of fused-ring (bicyclic) bond motifs is 2. The SMILES string of the molecule is CC12C=CC(C)(O1)C(Cl)=C(Cl)C2=O. The Balaban J connectivity index is 2.64. The third-order valence-corrected chi connectivity index (χ3v) is 3.44. The smallest absolute Gasteiger partial charge is 0.210 e. The molecule has 0 N–H and O–H groups in total. The second-order valence-corrected chi connectivity index (χ2v) is 4.36. The van der Waals surface area contributed by atoms with Crippen LogP contribution < -0.4 is 0 Å². The van der Waals surface area contributed by atoms with Crippen LogP contribution >= 0.6 is 23.2 Å². The van der Waals surface area contributed by atoms with E-state index in [1.807, 2.05) is 0 Å². The molecule has 0 amide bonds. The minimum atomic E-state index is -0.926. The lowest BCUT2D eigenvalue weighted by molar-refractivity contribution is -0.140. The number of hydrogen-bond donors (Lipinski definition) is 0. The fraction of sp³-hybridized carbons (Fsp3) is 0.444. The van der Waals surface area contributed by atoms with E-state index in [-0.39, 0.29) is 15.8 Å². The molecule has 0 fully saturated rings. The van der Waals surface area contributed by atoms with Crippen LogP contribution in [0.2, 0.25) is 0 Å². The monoisotopic (exact) mass is 218 g/mol. The van der Waals surface area contributed by atoms with Crippen molar-refractivity contribution >= 4 is 29.0 Å². The van der Waals surface area contributed by atoms with Gasteiger partial charge in [0.2, 0.25) is 5.78 Å². The normalized spacial score (nSPS) is 43.2. The first-order chi connectivity index (χ1) is 5.89. The molecule has 2 nitrogen and oxygen atoms in total. The molecule has 0 aromatic rings. The second kappa shape index (κ2) is 2.38. The average molecular weight is 219 g/mol. The van der Waals surface area contributed by atoms with Crippen LogP contribution in [0.15, 0.2) is 22.2 Å². The number of ether oxygens (including phenoxy) is 1. The van der Waals surface area contributed by atoms with Crippen LogP contribution in [0, 0.1) is 0 Å². The van der Waals surface area contributed by atoms with E-state index in [2.05, 4.69) is 0 Å². The van der Waals surface area contributed by atoms with Crippen molar-refractivity contribution in [3.05, 3.63) is 22.2 Å². The van der Waals surface area contributed by atoms with Crippen LogP contribution in [-0.4, -0.2) is 17.0 Å². The molecular formula is C9H8Cl2O2. The van der Waals surface area contributed by atoms with Gasteiger partial charge in [0.25, 0.3) is 0 Å². The zero-order valence-corrected chi connectivity index (χ0v) is 8.74. The highest BCUT2D eigenvalue weighted by molar-refractivity contribution is 6.50. The summed E-state index contributed by atoms with van der Waals surface area (Å²) in [4.78, 5) is 11.6. The van der Waals surface area contributed by atoms with Crippen LogP contribution in [0.4, 0.5) is 0 Å². The molecule has 0 saturated carbocycles. The molecule has 2 aliphatic heterocycles. The van der Waals surface area contributed by atoms with Crippen molar-refractivity contribution in [1.29, 1.82) is 0 Å². The summed E-state index contributed by atoms with van der Waals surface area (Å²) >= 11 is 11.7. The third kappa shape index (κ3) is 1.03. The third-order valence-electron chi connectivity index (χ3n) is 2.42. The molecular weight excluding hydrogens is 211 g/mol. The molecule has 4 heteroatoms. The molecule has 2 bridgehead atoms. The molecule has 2 unspecified atom stereocenters. The highest BCUT2D eigenvalue weighted by Crippen LogP contribution is 2.46. The standard InChI is InChI=1S/C9H8Cl2O2/c1-8-3-4-9(2,13-8)7(12)5(10)6(8)11/h3-4H,1-2H3. The van der Waals surface area contributed by atoms with Gasteiger partial charge in [-0.15, -0.1) is 0 Å². The number of ketones is 1. The van der Waals surface area contributed by atoms with Crippen molar-refractivity contribution in [2.45, 2.75) is 25.0 Å². The molecule has 0 saturated heterocycles. The first-order valence-electron chi connectivity index (χ1n) is 3.90.